The molecule has 0 aromatic heterocycles. The molecule has 9 heteroatoms. The first-order chi connectivity index (χ1) is 8.56. The lowest BCUT2D eigenvalue weighted by Crippen LogP contribution is -2.48. The highest BCUT2D eigenvalue weighted by Crippen LogP contribution is 2.36. The molecule has 0 saturated carbocycles. The summed E-state index contributed by atoms with van der Waals surface area (Å²) in [7, 11) is 0. The molecule has 0 bridgehead atoms. The average Bonchev–Trinajstić information content (AvgIpc) is 2.84. The Morgan fingerprint density at radius 1 is 0.889 bits per heavy atom. The second-order valence-corrected chi connectivity index (χ2v) is 4.05. The molecule has 0 aromatic carbocycles. The molecule has 3 aliphatic heterocycles. The summed E-state index contributed by atoms with van der Waals surface area (Å²) in [5, 5.41) is 17.5. The second-order valence-electron chi connectivity index (χ2n) is 4.05. The van der Waals surface area contributed by atoms with Crippen LogP contribution in [0.4, 0.5) is 0 Å². The predicted octanol–water partition coefficient (Wildman–Crippen LogP) is -1.64. The van der Waals surface area contributed by atoms with Gasteiger partial charge in [-0.15, -0.1) is 0 Å². The van der Waals surface area contributed by atoms with Crippen molar-refractivity contribution in [2.45, 2.75) is 37.2 Å². The van der Waals surface area contributed by atoms with E-state index in [0.29, 0.717) is 0 Å². The summed E-state index contributed by atoms with van der Waals surface area (Å²) in [5.41, 5.74) is 0. The molecule has 9 nitrogen and oxygen atoms in total. The van der Waals surface area contributed by atoms with E-state index >= 15 is 0 Å². The maximum atomic E-state index is 10.8. The fourth-order valence-corrected chi connectivity index (χ4v) is 2.15. The van der Waals surface area contributed by atoms with Crippen molar-refractivity contribution in [2.24, 2.45) is 0 Å². The van der Waals surface area contributed by atoms with Crippen molar-refractivity contribution in [2.75, 3.05) is 6.61 Å². The van der Waals surface area contributed by atoms with Crippen molar-refractivity contribution in [1.82, 2.24) is 0 Å². The van der Waals surface area contributed by atoms with Gasteiger partial charge in [-0.3, -0.25) is 0 Å². The summed E-state index contributed by atoms with van der Waals surface area (Å²) in [5.74, 6) is -2.53. The van der Waals surface area contributed by atoms with E-state index in [2.05, 4.69) is 0 Å². The molecule has 18 heavy (non-hydrogen) atoms. The number of carbonyl (C=O) groups is 2. The van der Waals surface area contributed by atoms with Gasteiger partial charge in [0.1, 0.15) is 18.3 Å². The maximum Gasteiger partial charge on any atom is 0.361 e. The van der Waals surface area contributed by atoms with E-state index in [4.69, 9.17) is 33.9 Å². The van der Waals surface area contributed by atoms with E-state index in [1.54, 1.807) is 0 Å². The van der Waals surface area contributed by atoms with Crippen LogP contribution in [-0.2, 0) is 33.3 Å². The molecule has 0 spiro atoms. The van der Waals surface area contributed by atoms with Gasteiger partial charge in [0, 0.05) is 0 Å². The third-order valence-corrected chi connectivity index (χ3v) is 2.90. The molecule has 0 aliphatic carbocycles. The Labute approximate surface area is 100 Å². The van der Waals surface area contributed by atoms with Gasteiger partial charge >= 0.3 is 11.9 Å². The number of rotatable bonds is 2. The highest BCUT2D eigenvalue weighted by Gasteiger charge is 2.57. The SMILES string of the molecule is O=C(O)C1OC[C@H]2O[C@@H]3OC(C(=O)O)O[C@@H]3[C@H]2O1. The molecule has 3 rings (SSSR count). The van der Waals surface area contributed by atoms with E-state index in [9.17, 15) is 9.59 Å². The average molecular weight is 262 g/mol. The molecule has 3 heterocycles. The minimum Gasteiger partial charge on any atom is -0.477 e. The monoisotopic (exact) mass is 262 g/mol. The van der Waals surface area contributed by atoms with E-state index in [-0.39, 0.29) is 6.61 Å². The highest BCUT2D eigenvalue weighted by molar-refractivity contribution is 5.71. The van der Waals surface area contributed by atoms with Gasteiger partial charge in [0.15, 0.2) is 6.29 Å². The number of fused-ring (bicyclic) bond motifs is 3. The number of hydrogen-bond acceptors (Lipinski definition) is 7. The largest absolute Gasteiger partial charge is 0.477 e. The lowest BCUT2D eigenvalue weighted by molar-refractivity contribution is -0.267. The van der Waals surface area contributed by atoms with Gasteiger partial charge in [0.05, 0.1) is 6.61 Å². The lowest BCUT2D eigenvalue weighted by atomic mass is 10.1. The van der Waals surface area contributed by atoms with Gasteiger partial charge in [-0.05, 0) is 0 Å². The number of carboxylic acid groups (broad SMARTS) is 2. The summed E-state index contributed by atoms with van der Waals surface area (Å²) in [6.45, 7) is 0.0269. The zero-order chi connectivity index (χ0) is 12.9. The van der Waals surface area contributed by atoms with Crippen molar-refractivity contribution in [3.63, 3.8) is 0 Å². The topological polar surface area (TPSA) is 121 Å². The molecule has 0 amide bonds. The number of ether oxygens (including phenoxy) is 5. The van der Waals surface area contributed by atoms with Crippen LogP contribution in [0.3, 0.4) is 0 Å². The molecule has 0 radical (unpaired) electrons. The fraction of sp³-hybridized carbons (Fsp3) is 0.778. The van der Waals surface area contributed by atoms with Crippen molar-refractivity contribution >= 4 is 11.9 Å². The number of carboxylic acids is 2. The summed E-state index contributed by atoms with van der Waals surface area (Å²) in [6.07, 6.45) is -5.70. The first-order valence-corrected chi connectivity index (χ1v) is 5.25. The first kappa shape index (κ1) is 11.8. The maximum absolute atomic E-state index is 10.8. The van der Waals surface area contributed by atoms with Crippen LogP contribution < -0.4 is 0 Å². The minimum atomic E-state index is -1.42. The minimum absolute atomic E-state index is 0.0269. The standard InChI is InChI=1S/C9H10O9/c10-5(11)8-14-1-2-3(16-8)4-7(15-2)18-9(17-4)6(12)13/h2-4,7-9H,1H2,(H,10,11)(H,12,13)/t2-,3+,4-,7-,8?,9?/m1/s1. The molecule has 2 unspecified atom stereocenters. The smallest absolute Gasteiger partial charge is 0.361 e. The third kappa shape index (κ3) is 1.76. The molecule has 3 aliphatic rings. The van der Waals surface area contributed by atoms with Gasteiger partial charge in [0.25, 0.3) is 12.6 Å². The first-order valence-electron chi connectivity index (χ1n) is 5.25. The van der Waals surface area contributed by atoms with Crippen molar-refractivity contribution in [3.05, 3.63) is 0 Å². The van der Waals surface area contributed by atoms with Gasteiger partial charge in [0.2, 0.25) is 0 Å². The van der Waals surface area contributed by atoms with Crippen LogP contribution in [0.2, 0.25) is 0 Å². The predicted molar refractivity (Wildman–Crippen MR) is 48.3 cm³/mol. The van der Waals surface area contributed by atoms with E-state index in [1.807, 2.05) is 0 Å². The summed E-state index contributed by atoms with van der Waals surface area (Å²) in [4.78, 5) is 21.5. The Hall–Kier alpha value is -1.26. The lowest BCUT2D eigenvalue weighted by Gasteiger charge is -2.30. The van der Waals surface area contributed by atoms with Crippen LogP contribution in [0, 0.1) is 0 Å². The van der Waals surface area contributed by atoms with Crippen LogP contribution in [0.5, 0.6) is 0 Å². The Morgan fingerprint density at radius 3 is 2.22 bits per heavy atom. The van der Waals surface area contributed by atoms with Gasteiger partial charge in [-0.1, -0.05) is 0 Å². The Kier molecular flexibility index (Phi) is 2.72. The van der Waals surface area contributed by atoms with Crippen molar-refractivity contribution in [1.29, 1.82) is 0 Å². The molecular weight excluding hydrogens is 252 g/mol. The van der Waals surface area contributed by atoms with Gasteiger partial charge < -0.3 is 33.9 Å². The van der Waals surface area contributed by atoms with Crippen LogP contribution in [-0.4, -0.2) is 65.9 Å². The normalized spacial score (nSPS) is 46.4. The Bertz CT molecular complexity index is 382. The van der Waals surface area contributed by atoms with Crippen molar-refractivity contribution in [3.8, 4) is 0 Å². The molecular formula is C9H10O9. The summed E-state index contributed by atoms with van der Waals surface area (Å²) in [6, 6.07) is 0. The van der Waals surface area contributed by atoms with E-state index in [1.165, 1.54) is 0 Å². The molecule has 2 N–H and O–H groups in total. The van der Waals surface area contributed by atoms with E-state index in [0.717, 1.165) is 0 Å². The summed E-state index contributed by atoms with van der Waals surface area (Å²) < 4.78 is 25.6. The zero-order valence-corrected chi connectivity index (χ0v) is 8.92. The van der Waals surface area contributed by atoms with Gasteiger partial charge in [-0.25, -0.2) is 9.59 Å². The van der Waals surface area contributed by atoms with E-state index < -0.39 is 49.1 Å². The molecule has 0 aromatic rings. The molecule has 100 valence electrons. The summed E-state index contributed by atoms with van der Waals surface area (Å²) >= 11 is 0. The number of aliphatic carboxylic acids is 2. The van der Waals surface area contributed by atoms with Gasteiger partial charge in [-0.2, -0.15) is 0 Å². The number of hydrogen-bond donors (Lipinski definition) is 2. The molecule has 6 atom stereocenters. The Balaban J connectivity index is 1.71. The Morgan fingerprint density at radius 2 is 1.56 bits per heavy atom. The molecule has 3 saturated heterocycles. The quantitative estimate of drug-likeness (QED) is 0.603. The van der Waals surface area contributed by atoms with Crippen LogP contribution in [0.15, 0.2) is 0 Å². The van der Waals surface area contributed by atoms with Crippen LogP contribution >= 0.6 is 0 Å². The second kappa shape index (κ2) is 4.14. The molecule has 3 fully saturated rings. The van der Waals surface area contributed by atoms with Crippen LogP contribution in [0.1, 0.15) is 0 Å². The van der Waals surface area contributed by atoms with Crippen molar-refractivity contribution < 1.29 is 43.5 Å². The highest BCUT2D eigenvalue weighted by atomic mass is 16.9. The van der Waals surface area contributed by atoms with Crippen LogP contribution in [0.25, 0.3) is 0 Å². The third-order valence-electron chi connectivity index (χ3n) is 2.90. The zero-order valence-electron chi connectivity index (χ0n) is 8.92. The fourth-order valence-electron chi connectivity index (χ4n) is 2.15.